The van der Waals surface area contributed by atoms with Crippen molar-refractivity contribution in [3.63, 3.8) is 0 Å². The van der Waals surface area contributed by atoms with Gasteiger partial charge in [-0.05, 0) is 13.8 Å². The van der Waals surface area contributed by atoms with Gasteiger partial charge in [-0.3, -0.25) is 10.1 Å². The van der Waals surface area contributed by atoms with Crippen molar-refractivity contribution in [2.75, 3.05) is 0 Å². The van der Waals surface area contributed by atoms with E-state index in [0.29, 0.717) is 0 Å². The molecule has 60 valence electrons. The molecule has 0 aliphatic heterocycles. The van der Waals surface area contributed by atoms with Gasteiger partial charge in [0, 0.05) is 12.2 Å². The van der Waals surface area contributed by atoms with Crippen LogP contribution in [-0.4, -0.2) is 4.92 Å². The molecular formula is C8H11NO2. The van der Waals surface area contributed by atoms with Gasteiger partial charge in [0.25, 0.3) is 5.70 Å². The van der Waals surface area contributed by atoms with Gasteiger partial charge in [0.05, 0.1) is 4.92 Å². The highest BCUT2D eigenvalue weighted by atomic mass is 16.6. The van der Waals surface area contributed by atoms with Crippen LogP contribution in [0, 0.1) is 10.1 Å². The second-order valence-corrected chi connectivity index (χ2v) is 1.87. The second-order valence-electron chi connectivity index (χ2n) is 1.87. The zero-order chi connectivity index (χ0) is 8.69. The molecule has 0 fully saturated rings. The van der Waals surface area contributed by atoms with Crippen LogP contribution in [0.2, 0.25) is 0 Å². The molecule has 0 saturated carbocycles. The van der Waals surface area contributed by atoms with E-state index in [0.717, 1.165) is 0 Å². The van der Waals surface area contributed by atoms with Crippen LogP contribution in [0.1, 0.15) is 13.8 Å². The molecule has 0 rings (SSSR count). The summed E-state index contributed by atoms with van der Waals surface area (Å²) in [5, 5.41) is 10.2. The second kappa shape index (κ2) is 5.41. The highest BCUT2D eigenvalue weighted by Gasteiger charge is 2.01. The van der Waals surface area contributed by atoms with Crippen LogP contribution >= 0.6 is 0 Å². The summed E-state index contributed by atoms with van der Waals surface area (Å²) in [6.45, 7) is 3.55. The molecule has 0 spiro atoms. The van der Waals surface area contributed by atoms with Crippen LogP contribution in [-0.2, 0) is 0 Å². The fourth-order valence-corrected chi connectivity index (χ4v) is 0.543. The molecule has 3 nitrogen and oxygen atoms in total. The van der Waals surface area contributed by atoms with E-state index in [4.69, 9.17) is 0 Å². The minimum atomic E-state index is -0.417. The van der Waals surface area contributed by atoms with E-state index in [1.807, 2.05) is 6.92 Å². The molecule has 11 heavy (non-hydrogen) atoms. The topological polar surface area (TPSA) is 43.1 Å². The Kier molecular flexibility index (Phi) is 4.73. The standard InChI is InChI=1S/C8H11NO2/c1-3-5-7-8(6-4-2)9(10)11/h3-7H,1-2H3/b5-3+,6-4-,8-7+. The summed E-state index contributed by atoms with van der Waals surface area (Å²) in [5.41, 5.74) is 0.102. The minimum absolute atomic E-state index is 0.102. The molecule has 0 saturated heterocycles. The molecule has 0 aliphatic carbocycles. The van der Waals surface area contributed by atoms with Crippen molar-refractivity contribution in [3.8, 4) is 0 Å². The Morgan fingerprint density at radius 2 is 2.00 bits per heavy atom. The fraction of sp³-hybridized carbons (Fsp3) is 0.250. The van der Waals surface area contributed by atoms with Crippen molar-refractivity contribution in [1.29, 1.82) is 0 Å². The number of nitro groups is 1. The average Bonchev–Trinajstić information content (AvgIpc) is 1.97. The molecule has 0 bridgehead atoms. The lowest BCUT2D eigenvalue weighted by Gasteiger charge is -1.86. The predicted octanol–water partition coefficient (Wildman–Crippen LogP) is 2.30. The number of allylic oxidation sites excluding steroid dienone is 5. The Hall–Kier alpha value is -1.38. The van der Waals surface area contributed by atoms with Gasteiger partial charge in [-0.15, -0.1) is 0 Å². The van der Waals surface area contributed by atoms with Crippen LogP contribution in [0.5, 0.6) is 0 Å². The molecule has 0 radical (unpaired) electrons. The Morgan fingerprint density at radius 1 is 1.36 bits per heavy atom. The highest BCUT2D eigenvalue weighted by Crippen LogP contribution is 1.97. The van der Waals surface area contributed by atoms with Crippen molar-refractivity contribution >= 4 is 0 Å². The maximum atomic E-state index is 10.2. The van der Waals surface area contributed by atoms with E-state index in [9.17, 15) is 10.1 Å². The largest absolute Gasteiger partial charge is 0.269 e. The van der Waals surface area contributed by atoms with Gasteiger partial charge in [-0.1, -0.05) is 18.2 Å². The molecular weight excluding hydrogens is 142 g/mol. The highest BCUT2D eigenvalue weighted by molar-refractivity contribution is 5.16. The maximum absolute atomic E-state index is 10.2. The fourth-order valence-electron chi connectivity index (χ4n) is 0.543. The summed E-state index contributed by atoms with van der Waals surface area (Å²) >= 11 is 0. The Balaban J connectivity index is 4.45. The molecule has 0 aromatic heterocycles. The molecule has 0 atom stereocenters. The first kappa shape index (κ1) is 9.62. The zero-order valence-electron chi connectivity index (χ0n) is 6.65. The quantitative estimate of drug-likeness (QED) is 0.354. The first-order chi connectivity index (χ1) is 5.22. The van der Waals surface area contributed by atoms with E-state index in [1.165, 1.54) is 12.2 Å². The Morgan fingerprint density at radius 3 is 2.36 bits per heavy atom. The van der Waals surface area contributed by atoms with E-state index < -0.39 is 4.92 Å². The van der Waals surface area contributed by atoms with Gasteiger partial charge < -0.3 is 0 Å². The van der Waals surface area contributed by atoms with Crippen molar-refractivity contribution < 1.29 is 4.92 Å². The number of nitrogens with zero attached hydrogens (tertiary/aromatic N) is 1. The third kappa shape index (κ3) is 4.08. The molecule has 0 aliphatic rings. The maximum Gasteiger partial charge on any atom is 0.269 e. The first-order valence-corrected chi connectivity index (χ1v) is 3.32. The molecule has 0 aromatic carbocycles. The van der Waals surface area contributed by atoms with Crippen molar-refractivity contribution in [2.24, 2.45) is 0 Å². The molecule has 0 heterocycles. The molecule has 0 unspecified atom stereocenters. The van der Waals surface area contributed by atoms with Gasteiger partial charge in [-0.2, -0.15) is 0 Å². The minimum Gasteiger partial charge on any atom is -0.258 e. The summed E-state index contributed by atoms with van der Waals surface area (Å²) in [4.78, 5) is 9.83. The molecule has 3 heteroatoms. The Bertz CT molecular complexity index is 214. The van der Waals surface area contributed by atoms with Crippen LogP contribution in [0.3, 0.4) is 0 Å². The van der Waals surface area contributed by atoms with Gasteiger partial charge in [0.1, 0.15) is 0 Å². The average molecular weight is 153 g/mol. The third-order valence-electron chi connectivity index (χ3n) is 1.01. The van der Waals surface area contributed by atoms with Crippen molar-refractivity contribution in [1.82, 2.24) is 0 Å². The summed E-state index contributed by atoms with van der Waals surface area (Å²) in [6, 6.07) is 0. The predicted molar refractivity (Wildman–Crippen MR) is 44.7 cm³/mol. The smallest absolute Gasteiger partial charge is 0.258 e. The monoisotopic (exact) mass is 153 g/mol. The normalized spacial score (nSPS) is 13.1. The van der Waals surface area contributed by atoms with E-state index in [1.54, 1.807) is 25.2 Å². The summed E-state index contributed by atoms with van der Waals surface area (Å²) < 4.78 is 0. The summed E-state index contributed by atoms with van der Waals surface area (Å²) in [6.07, 6.45) is 7.93. The van der Waals surface area contributed by atoms with Crippen LogP contribution < -0.4 is 0 Å². The van der Waals surface area contributed by atoms with E-state index >= 15 is 0 Å². The summed E-state index contributed by atoms with van der Waals surface area (Å²) in [5.74, 6) is 0. The number of hydrogen-bond donors (Lipinski definition) is 0. The third-order valence-corrected chi connectivity index (χ3v) is 1.01. The summed E-state index contributed by atoms with van der Waals surface area (Å²) in [7, 11) is 0. The lowest BCUT2D eigenvalue weighted by Crippen LogP contribution is -1.93. The van der Waals surface area contributed by atoms with E-state index in [2.05, 4.69) is 0 Å². The van der Waals surface area contributed by atoms with Gasteiger partial charge >= 0.3 is 0 Å². The van der Waals surface area contributed by atoms with Gasteiger partial charge in [0.15, 0.2) is 0 Å². The van der Waals surface area contributed by atoms with Crippen molar-refractivity contribution in [3.05, 3.63) is 46.2 Å². The number of hydrogen-bond acceptors (Lipinski definition) is 2. The zero-order valence-corrected chi connectivity index (χ0v) is 6.65. The molecule has 0 N–H and O–H groups in total. The van der Waals surface area contributed by atoms with E-state index in [-0.39, 0.29) is 5.70 Å². The lowest BCUT2D eigenvalue weighted by molar-refractivity contribution is -0.419. The molecule has 0 amide bonds. The van der Waals surface area contributed by atoms with Crippen LogP contribution in [0.15, 0.2) is 36.1 Å². The van der Waals surface area contributed by atoms with Gasteiger partial charge in [-0.25, -0.2) is 0 Å². The SMILES string of the molecule is C\C=C/C(=C\C=C\C)[N+](=O)[O-]. The van der Waals surface area contributed by atoms with Crippen LogP contribution in [0.25, 0.3) is 0 Å². The molecule has 0 aromatic rings. The van der Waals surface area contributed by atoms with Crippen molar-refractivity contribution in [2.45, 2.75) is 13.8 Å². The van der Waals surface area contributed by atoms with Crippen LogP contribution in [0.4, 0.5) is 0 Å². The first-order valence-electron chi connectivity index (χ1n) is 3.32. The lowest BCUT2D eigenvalue weighted by atomic mass is 10.3. The van der Waals surface area contributed by atoms with Gasteiger partial charge in [0.2, 0.25) is 0 Å². The number of rotatable bonds is 3. The Labute approximate surface area is 65.9 Å².